The summed E-state index contributed by atoms with van der Waals surface area (Å²) in [6.45, 7) is 4.32. The zero-order valence-electron chi connectivity index (χ0n) is 11.1. The molecule has 1 unspecified atom stereocenters. The zero-order chi connectivity index (χ0) is 13.4. The standard InChI is InChI=1S/C12H22N2O4/c1-3-10-12(16)14(9-11(15)13-10)5-4-6-18-8-7-17-2/h10H,3-9H2,1-2H3,(H,13,15). The quantitative estimate of drug-likeness (QED) is 0.611. The molecule has 18 heavy (non-hydrogen) atoms. The van der Waals surface area contributed by atoms with Crippen LogP contribution in [0.5, 0.6) is 0 Å². The average molecular weight is 258 g/mol. The van der Waals surface area contributed by atoms with Crippen LogP contribution in [0.1, 0.15) is 19.8 Å². The highest BCUT2D eigenvalue weighted by atomic mass is 16.5. The minimum atomic E-state index is -0.361. The number of amides is 2. The van der Waals surface area contributed by atoms with Crippen LogP contribution in [0.25, 0.3) is 0 Å². The molecule has 0 aromatic carbocycles. The van der Waals surface area contributed by atoms with E-state index in [0.29, 0.717) is 32.8 Å². The highest BCUT2D eigenvalue weighted by Gasteiger charge is 2.30. The maximum atomic E-state index is 11.9. The molecule has 104 valence electrons. The fraction of sp³-hybridized carbons (Fsp3) is 0.833. The normalized spacial score (nSPS) is 20.1. The second-order valence-electron chi connectivity index (χ2n) is 4.25. The van der Waals surface area contributed by atoms with E-state index in [1.165, 1.54) is 0 Å². The lowest BCUT2D eigenvalue weighted by Crippen LogP contribution is -2.57. The lowest BCUT2D eigenvalue weighted by atomic mass is 10.1. The van der Waals surface area contributed by atoms with E-state index in [2.05, 4.69) is 5.32 Å². The van der Waals surface area contributed by atoms with Crippen LogP contribution in [0.2, 0.25) is 0 Å². The Bertz CT molecular complexity index is 283. The largest absolute Gasteiger partial charge is 0.382 e. The van der Waals surface area contributed by atoms with Gasteiger partial charge in [0.1, 0.15) is 6.04 Å². The molecule has 0 saturated carbocycles. The summed E-state index contributed by atoms with van der Waals surface area (Å²) in [5.41, 5.74) is 0. The van der Waals surface area contributed by atoms with E-state index in [-0.39, 0.29) is 24.4 Å². The van der Waals surface area contributed by atoms with Gasteiger partial charge in [-0.3, -0.25) is 9.59 Å². The van der Waals surface area contributed by atoms with Crippen LogP contribution in [0.15, 0.2) is 0 Å². The van der Waals surface area contributed by atoms with Gasteiger partial charge in [-0.2, -0.15) is 0 Å². The summed E-state index contributed by atoms with van der Waals surface area (Å²) in [5.74, 6) is -0.0734. The molecular weight excluding hydrogens is 236 g/mol. The second kappa shape index (κ2) is 8.05. The first kappa shape index (κ1) is 14.9. The summed E-state index contributed by atoms with van der Waals surface area (Å²) in [6.07, 6.45) is 1.37. The second-order valence-corrected chi connectivity index (χ2v) is 4.25. The van der Waals surface area contributed by atoms with Gasteiger partial charge in [0.2, 0.25) is 11.8 Å². The van der Waals surface area contributed by atoms with Gasteiger partial charge in [-0.25, -0.2) is 0 Å². The molecule has 6 heteroatoms. The Morgan fingerprint density at radius 2 is 2.11 bits per heavy atom. The predicted molar refractivity (Wildman–Crippen MR) is 66.1 cm³/mol. The average Bonchev–Trinajstić information content (AvgIpc) is 2.37. The van der Waals surface area contributed by atoms with E-state index in [1.807, 2.05) is 6.92 Å². The van der Waals surface area contributed by atoms with Gasteiger partial charge >= 0.3 is 0 Å². The first-order chi connectivity index (χ1) is 8.69. The first-order valence-electron chi connectivity index (χ1n) is 6.33. The van der Waals surface area contributed by atoms with Crippen molar-refractivity contribution in [1.82, 2.24) is 10.2 Å². The number of rotatable bonds is 8. The zero-order valence-corrected chi connectivity index (χ0v) is 11.1. The number of methoxy groups -OCH3 is 1. The van der Waals surface area contributed by atoms with E-state index in [9.17, 15) is 9.59 Å². The lowest BCUT2D eigenvalue weighted by Gasteiger charge is -2.32. The summed E-state index contributed by atoms with van der Waals surface area (Å²) in [4.78, 5) is 24.9. The van der Waals surface area contributed by atoms with Crippen molar-refractivity contribution in [2.75, 3.05) is 40.0 Å². The van der Waals surface area contributed by atoms with Crippen LogP contribution in [-0.4, -0.2) is 62.8 Å². The fourth-order valence-electron chi connectivity index (χ4n) is 1.84. The number of hydrogen-bond acceptors (Lipinski definition) is 4. The van der Waals surface area contributed by atoms with Gasteiger partial charge < -0.3 is 19.7 Å². The summed E-state index contributed by atoms with van der Waals surface area (Å²) >= 11 is 0. The van der Waals surface area contributed by atoms with Crippen molar-refractivity contribution in [2.24, 2.45) is 0 Å². The third-order valence-electron chi connectivity index (χ3n) is 2.84. The fourth-order valence-corrected chi connectivity index (χ4v) is 1.84. The van der Waals surface area contributed by atoms with E-state index in [1.54, 1.807) is 12.0 Å². The van der Waals surface area contributed by atoms with Crippen molar-refractivity contribution in [3.63, 3.8) is 0 Å². The van der Waals surface area contributed by atoms with Crippen molar-refractivity contribution in [1.29, 1.82) is 0 Å². The topological polar surface area (TPSA) is 67.9 Å². The van der Waals surface area contributed by atoms with E-state index in [4.69, 9.17) is 9.47 Å². The highest BCUT2D eigenvalue weighted by molar-refractivity contribution is 5.94. The third-order valence-corrected chi connectivity index (χ3v) is 2.84. The Morgan fingerprint density at radius 1 is 1.33 bits per heavy atom. The van der Waals surface area contributed by atoms with Gasteiger partial charge in [0.05, 0.1) is 19.8 Å². The molecule has 1 saturated heterocycles. The molecule has 1 atom stereocenters. The van der Waals surface area contributed by atoms with Crippen molar-refractivity contribution in [3.05, 3.63) is 0 Å². The van der Waals surface area contributed by atoms with Gasteiger partial charge in [-0.15, -0.1) is 0 Å². The SMILES string of the molecule is CCC1NC(=O)CN(CCCOCCOC)C1=O. The minimum Gasteiger partial charge on any atom is -0.382 e. The molecule has 0 aromatic heterocycles. The van der Waals surface area contributed by atoms with Crippen LogP contribution >= 0.6 is 0 Å². The molecule has 6 nitrogen and oxygen atoms in total. The Kier molecular flexibility index (Phi) is 6.67. The molecule has 0 aromatic rings. The van der Waals surface area contributed by atoms with Gasteiger partial charge in [-0.1, -0.05) is 6.92 Å². The molecule has 0 bridgehead atoms. The van der Waals surface area contributed by atoms with Crippen LogP contribution in [0, 0.1) is 0 Å². The number of ether oxygens (including phenoxy) is 2. The maximum absolute atomic E-state index is 11.9. The number of hydrogen-bond donors (Lipinski definition) is 1. The molecular formula is C12H22N2O4. The summed E-state index contributed by atoms with van der Waals surface area (Å²) in [7, 11) is 1.62. The Balaban J connectivity index is 2.23. The molecule has 1 N–H and O–H groups in total. The third kappa shape index (κ3) is 4.62. The molecule has 0 aliphatic carbocycles. The monoisotopic (exact) mass is 258 g/mol. The smallest absolute Gasteiger partial charge is 0.245 e. The van der Waals surface area contributed by atoms with E-state index in [0.717, 1.165) is 6.42 Å². The molecule has 1 rings (SSSR count). The number of nitrogens with zero attached hydrogens (tertiary/aromatic N) is 1. The molecule has 1 aliphatic heterocycles. The van der Waals surface area contributed by atoms with Gasteiger partial charge in [0.15, 0.2) is 0 Å². The molecule has 1 aliphatic rings. The van der Waals surface area contributed by atoms with Crippen molar-refractivity contribution in [3.8, 4) is 0 Å². The molecule has 0 spiro atoms. The number of carbonyl (C=O) groups excluding carboxylic acids is 2. The first-order valence-corrected chi connectivity index (χ1v) is 6.33. The van der Waals surface area contributed by atoms with Crippen LogP contribution in [-0.2, 0) is 19.1 Å². The van der Waals surface area contributed by atoms with Crippen LogP contribution in [0.3, 0.4) is 0 Å². The van der Waals surface area contributed by atoms with Crippen LogP contribution < -0.4 is 5.32 Å². The van der Waals surface area contributed by atoms with Crippen molar-refractivity contribution < 1.29 is 19.1 Å². The predicted octanol–water partition coefficient (Wildman–Crippen LogP) is -0.223. The van der Waals surface area contributed by atoms with Gasteiger partial charge in [-0.05, 0) is 12.8 Å². The van der Waals surface area contributed by atoms with E-state index >= 15 is 0 Å². The Labute approximate surface area is 108 Å². The van der Waals surface area contributed by atoms with Gasteiger partial charge in [0.25, 0.3) is 0 Å². The Morgan fingerprint density at radius 3 is 2.78 bits per heavy atom. The number of nitrogens with one attached hydrogen (secondary N) is 1. The van der Waals surface area contributed by atoms with Crippen molar-refractivity contribution in [2.45, 2.75) is 25.8 Å². The minimum absolute atomic E-state index is 0.00833. The summed E-state index contributed by atoms with van der Waals surface area (Å²) in [6, 6.07) is -0.361. The molecule has 1 fully saturated rings. The van der Waals surface area contributed by atoms with Crippen LogP contribution in [0.4, 0.5) is 0 Å². The number of piperazine rings is 1. The van der Waals surface area contributed by atoms with Crippen molar-refractivity contribution >= 4 is 11.8 Å². The highest BCUT2D eigenvalue weighted by Crippen LogP contribution is 2.06. The summed E-state index contributed by atoms with van der Waals surface area (Å²) in [5, 5.41) is 2.69. The number of carbonyl (C=O) groups is 2. The summed E-state index contributed by atoms with van der Waals surface area (Å²) < 4.78 is 10.2. The maximum Gasteiger partial charge on any atom is 0.245 e. The molecule has 0 radical (unpaired) electrons. The van der Waals surface area contributed by atoms with Gasteiger partial charge in [0, 0.05) is 20.3 Å². The molecule has 2 amide bonds. The molecule has 1 heterocycles. The van der Waals surface area contributed by atoms with E-state index < -0.39 is 0 Å². The Hall–Kier alpha value is -1.14. The lowest BCUT2D eigenvalue weighted by molar-refractivity contribution is -0.144.